The summed E-state index contributed by atoms with van der Waals surface area (Å²) in [7, 11) is 5.09. The fourth-order valence-electron chi connectivity index (χ4n) is 3.17. The second-order valence-corrected chi connectivity index (χ2v) is 6.67. The van der Waals surface area contributed by atoms with Crippen LogP contribution in [0.2, 0.25) is 0 Å². The molecule has 1 fully saturated rings. The summed E-state index contributed by atoms with van der Waals surface area (Å²) in [5, 5.41) is 6.77. The molecule has 1 aliphatic rings. The van der Waals surface area contributed by atoms with E-state index in [0.717, 1.165) is 42.4 Å². The summed E-state index contributed by atoms with van der Waals surface area (Å²) in [4.78, 5) is 4.79. The van der Waals surface area contributed by atoms with E-state index < -0.39 is 0 Å². The molecule has 160 valence electrons. The van der Waals surface area contributed by atoms with Gasteiger partial charge in [0.1, 0.15) is 11.5 Å². The molecule has 1 aliphatic heterocycles. The molecule has 1 atom stereocenters. The maximum Gasteiger partial charge on any atom is 0.191 e. The Bertz CT molecular complexity index is 621. The van der Waals surface area contributed by atoms with Gasteiger partial charge < -0.3 is 29.6 Å². The first-order chi connectivity index (χ1) is 13.1. The first-order valence-electron chi connectivity index (χ1n) is 9.47. The van der Waals surface area contributed by atoms with Crippen molar-refractivity contribution in [2.45, 2.75) is 38.3 Å². The van der Waals surface area contributed by atoms with E-state index in [2.05, 4.69) is 24.5 Å². The second-order valence-electron chi connectivity index (χ2n) is 6.67. The maximum absolute atomic E-state index is 5.78. The Morgan fingerprint density at radius 3 is 2.50 bits per heavy atom. The van der Waals surface area contributed by atoms with Gasteiger partial charge in [0.15, 0.2) is 5.96 Å². The second kappa shape index (κ2) is 12.3. The van der Waals surface area contributed by atoms with Crippen molar-refractivity contribution in [3.8, 4) is 11.5 Å². The summed E-state index contributed by atoms with van der Waals surface area (Å²) in [5.74, 6) is 2.35. The third-order valence-corrected chi connectivity index (χ3v) is 4.96. The molecule has 1 aromatic rings. The van der Waals surface area contributed by atoms with Crippen LogP contribution in [-0.2, 0) is 9.47 Å². The van der Waals surface area contributed by atoms with E-state index in [0.29, 0.717) is 19.8 Å². The van der Waals surface area contributed by atoms with Crippen molar-refractivity contribution < 1.29 is 18.9 Å². The number of hydrogen-bond donors (Lipinski definition) is 2. The number of rotatable bonds is 8. The fourth-order valence-corrected chi connectivity index (χ4v) is 3.17. The number of nitrogens with one attached hydrogen (secondary N) is 2. The summed E-state index contributed by atoms with van der Waals surface area (Å²) in [6, 6.07) is 5.77. The highest BCUT2D eigenvalue weighted by Crippen LogP contribution is 2.29. The molecular formula is C20H34IN3O4. The molecule has 1 aromatic carbocycles. The van der Waals surface area contributed by atoms with Crippen molar-refractivity contribution in [1.29, 1.82) is 0 Å². The van der Waals surface area contributed by atoms with Crippen LogP contribution in [0, 0.1) is 0 Å². The molecule has 28 heavy (non-hydrogen) atoms. The van der Waals surface area contributed by atoms with Crippen LogP contribution in [0.5, 0.6) is 11.5 Å². The summed E-state index contributed by atoms with van der Waals surface area (Å²) in [5.41, 5.74) is 0.757. The van der Waals surface area contributed by atoms with Crippen LogP contribution in [0.3, 0.4) is 0 Å². The highest BCUT2D eigenvalue weighted by molar-refractivity contribution is 14.0. The minimum atomic E-state index is -0.252. The zero-order valence-corrected chi connectivity index (χ0v) is 19.9. The van der Waals surface area contributed by atoms with Gasteiger partial charge in [-0.25, -0.2) is 0 Å². The van der Waals surface area contributed by atoms with Gasteiger partial charge in [0.25, 0.3) is 0 Å². The topological polar surface area (TPSA) is 73.3 Å². The Balaban J connectivity index is 0.00000392. The lowest BCUT2D eigenvalue weighted by molar-refractivity contribution is -0.0828. The molecule has 8 heteroatoms. The van der Waals surface area contributed by atoms with Gasteiger partial charge in [0, 0.05) is 45.3 Å². The van der Waals surface area contributed by atoms with Gasteiger partial charge in [-0.05, 0) is 32.0 Å². The number of nitrogens with zero attached hydrogens (tertiary/aromatic N) is 1. The molecule has 7 nitrogen and oxygen atoms in total. The molecule has 2 rings (SSSR count). The van der Waals surface area contributed by atoms with Crippen LogP contribution < -0.4 is 20.1 Å². The zero-order valence-electron chi connectivity index (χ0n) is 17.5. The Labute approximate surface area is 185 Å². The van der Waals surface area contributed by atoms with E-state index in [-0.39, 0.29) is 35.6 Å². The van der Waals surface area contributed by atoms with E-state index in [1.54, 1.807) is 21.3 Å². The molecule has 0 aliphatic carbocycles. The van der Waals surface area contributed by atoms with Crippen LogP contribution in [0.4, 0.5) is 0 Å². The van der Waals surface area contributed by atoms with Crippen LogP contribution in [0.15, 0.2) is 23.2 Å². The lowest BCUT2D eigenvalue weighted by atomic mass is 9.94. The highest BCUT2D eigenvalue weighted by atomic mass is 127. The monoisotopic (exact) mass is 507 g/mol. The molecule has 1 saturated heterocycles. The van der Waals surface area contributed by atoms with Crippen molar-refractivity contribution in [2.24, 2.45) is 4.99 Å². The third-order valence-electron chi connectivity index (χ3n) is 4.96. The molecule has 0 amide bonds. The zero-order chi connectivity index (χ0) is 19.7. The van der Waals surface area contributed by atoms with Crippen molar-refractivity contribution in [3.63, 3.8) is 0 Å². The minimum Gasteiger partial charge on any atom is -0.497 e. The SMILES string of the molecule is CCNC(=NCC1(OC)CCOCC1)NC(C)c1cc(OC)ccc1OC.I. The Hall–Kier alpha value is -1.26. The minimum absolute atomic E-state index is 0. The average Bonchev–Trinajstić information content (AvgIpc) is 2.72. The first-order valence-corrected chi connectivity index (χ1v) is 9.47. The van der Waals surface area contributed by atoms with E-state index in [1.165, 1.54) is 0 Å². The van der Waals surface area contributed by atoms with Crippen LogP contribution in [0.25, 0.3) is 0 Å². The van der Waals surface area contributed by atoms with Crippen molar-refractivity contribution in [1.82, 2.24) is 10.6 Å². The van der Waals surface area contributed by atoms with Crippen LogP contribution in [0.1, 0.15) is 38.3 Å². The lowest BCUT2D eigenvalue weighted by Crippen LogP contribution is -2.44. The van der Waals surface area contributed by atoms with E-state index in [1.807, 2.05) is 18.2 Å². The molecule has 2 N–H and O–H groups in total. The van der Waals surface area contributed by atoms with Gasteiger partial charge >= 0.3 is 0 Å². The van der Waals surface area contributed by atoms with E-state index in [4.69, 9.17) is 23.9 Å². The number of hydrogen-bond acceptors (Lipinski definition) is 5. The quantitative estimate of drug-likeness (QED) is 0.320. The largest absolute Gasteiger partial charge is 0.497 e. The molecular weight excluding hydrogens is 473 g/mol. The van der Waals surface area contributed by atoms with Gasteiger partial charge in [0.05, 0.1) is 32.4 Å². The van der Waals surface area contributed by atoms with Crippen LogP contribution in [-0.4, -0.2) is 59.2 Å². The van der Waals surface area contributed by atoms with Gasteiger partial charge in [0.2, 0.25) is 0 Å². The Morgan fingerprint density at radius 2 is 1.93 bits per heavy atom. The number of ether oxygens (including phenoxy) is 4. The Morgan fingerprint density at radius 1 is 1.21 bits per heavy atom. The van der Waals surface area contributed by atoms with Crippen LogP contribution >= 0.6 is 24.0 Å². The van der Waals surface area contributed by atoms with Crippen molar-refractivity contribution >= 4 is 29.9 Å². The van der Waals surface area contributed by atoms with E-state index in [9.17, 15) is 0 Å². The number of methoxy groups -OCH3 is 3. The standard InChI is InChI=1S/C20H33N3O4.HI/c1-6-21-19(22-14-20(26-5)9-11-27-12-10-20)23-15(2)17-13-16(24-3)7-8-18(17)25-4;/h7-8,13,15H,6,9-12,14H2,1-5H3,(H2,21,22,23);1H. The molecule has 0 aromatic heterocycles. The molecule has 0 radical (unpaired) electrons. The summed E-state index contributed by atoms with van der Waals surface area (Å²) in [6.07, 6.45) is 1.71. The number of aliphatic imine (C=N–C) groups is 1. The number of benzene rings is 1. The summed E-state index contributed by atoms with van der Waals surface area (Å²) >= 11 is 0. The molecule has 0 spiro atoms. The molecule has 1 unspecified atom stereocenters. The Kier molecular flexibility index (Phi) is 10.9. The third kappa shape index (κ3) is 6.66. The first kappa shape index (κ1) is 24.8. The number of guanidine groups is 1. The highest BCUT2D eigenvalue weighted by Gasteiger charge is 2.32. The summed E-state index contributed by atoms with van der Waals surface area (Å²) in [6.45, 7) is 6.91. The van der Waals surface area contributed by atoms with Gasteiger partial charge in [-0.3, -0.25) is 4.99 Å². The predicted molar refractivity (Wildman–Crippen MR) is 122 cm³/mol. The molecule has 0 bridgehead atoms. The lowest BCUT2D eigenvalue weighted by Gasteiger charge is -2.34. The molecule has 1 heterocycles. The van der Waals surface area contributed by atoms with E-state index >= 15 is 0 Å². The van der Waals surface area contributed by atoms with Crippen molar-refractivity contribution in [2.75, 3.05) is 47.6 Å². The van der Waals surface area contributed by atoms with Gasteiger partial charge in [-0.2, -0.15) is 0 Å². The normalized spacial score (nSPS) is 17.2. The fraction of sp³-hybridized carbons (Fsp3) is 0.650. The molecule has 0 saturated carbocycles. The van der Waals surface area contributed by atoms with Gasteiger partial charge in [-0.1, -0.05) is 0 Å². The summed E-state index contributed by atoms with van der Waals surface area (Å²) < 4.78 is 22.1. The smallest absolute Gasteiger partial charge is 0.191 e. The number of halogens is 1. The average molecular weight is 507 g/mol. The maximum atomic E-state index is 5.78. The predicted octanol–water partition coefficient (Wildman–Crippen LogP) is 3.13. The van der Waals surface area contributed by atoms with Gasteiger partial charge in [-0.15, -0.1) is 24.0 Å². The van der Waals surface area contributed by atoms with Crippen molar-refractivity contribution in [3.05, 3.63) is 23.8 Å².